The minimum Gasteiger partial charge on any atom is -0.383 e. The van der Waals surface area contributed by atoms with Gasteiger partial charge in [-0.1, -0.05) is 18.2 Å². The van der Waals surface area contributed by atoms with Crippen molar-refractivity contribution in [1.29, 1.82) is 0 Å². The first-order chi connectivity index (χ1) is 8.33. The molecule has 0 radical (unpaired) electrons. The Hall–Kier alpha value is -1.06. The van der Waals surface area contributed by atoms with Crippen LogP contribution in [0.5, 0.6) is 0 Å². The van der Waals surface area contributed by atoms with Gasteiger partial charge >= 0.3 is 0 Å². The third-order valence-corrected chi connectivity index (χ3v) is 3.38. The van der Waals surface area contributed by atoms with Crippen molar-refractivity contribution in [3.05, 3.63) is 29.8 Å². The molecule has 3 nitrogen and oxygen atoms in total. The predicted octanol–water partition coefficient (Wildman–Crippen LogP) is 1.67. The van der Waals surface area contributed by atoms with Gasteiger partial charge in [0.2, 0.25) is 0 Å². The van der Waals surface area contributed by atoms with Crippen LogP contribution in [0.15, 0.2) is 24.3 Å². The van der Waals surface area contributed by atoms with Crippen LogP contribution in [0.1, 0.15) is 12.5 Å². The molecule has 0 amide bonds. The Morgan fingerprint density at radius 3 is 3.06 bits per heavy atom. The van der Waals surface area contributed by atoms with Crippen molar-refractivity contribution in [3.63, 3.8) is 0 Å². The summed E-state index contributed by atoms with van der Waals surface area (Å²) in [5.41, 5.74) is 2.89. The van der Waals surface area contributed by atoms with Crippen molar-refractivity contribution in [3.8, 4) is 0 Å². The number of nitrogens with zero attached hydrogens (tertiary/aromatic N) is 1. The molecule has 1 N–H and O–H groups in total. The monoisotopic (exact) mass is 234 g/mol. The molecule has 0 saturated heterocycles. The highest BCUT2D eigenvalue weighted by Crippen LogP contribution is 2.28. The second-order valence-electron chi connectivity index (χ2n) is 4.62. The fraction of sp³-hybridized carbons (Fsp3) is 0.571. The number of ether oxygens (including phenoxy) is 1. The van der Waals surface area contributed by atoms with Gasteiger partial charge in [-0.05, 0) is 25.0 Å². The number of para-hydroxylation sites is 1. The summed E-state index contributed by atoms with van der Waals surface area (Å²) in [6, 6.07) is 9.26. The van der Waals surface area contributed by atoms with Crippen molar-refractivity contribution < 1.29 is 4.74 Å². The van der Waals surface area contributed by atoms with E-state index in [1.165, 1.54) is 17.7 Å². The van der Waals surface area contributed by atoms with Crippen LogP contribution in [0, 0.1) is 0 Å². The highest BCUT2D eigenvalue weighted by Gasteiger charge is 2.22. The highest BCUT2D eigenvalue weighted by atomic mass is 16.5. The molecule has 1 heterocycles. The summed E-state index contributed by atoms with van der Waals surface area (Å²) in [7, 11) is 1.74. The summed E-state index contributed by atoms with van der Waals surface area (Å²) in [6.45, 7) is 6.14. The van der Waals surface area contributed by atoms with E-state index >= 15 is 0 Å². The average Bonchev–Trinajstić information content (AvgIpc) is 2.78. The van der Waals surface area contributed by atoms with E-state index in [1.807, 2.05) is 0 Å². The van der Waals surface area contributed by atoms with Gasteiger partial charge in [0, 0.05) is 38.5 Å². The van der Waals surface area contributed by atoms with E-state index in [4.69, 9.17) is 4.74 Å². The van der Waals surface area contributed by atoms with E-state index in [-0.39, 0.29) is 0 Å². The Morgan fingerprint density at radius 1 is 1.41 bits per heavy atom. The zero-order chi connectivity index (χ0) is 12.1. The van der Waals surface area contributed by atoms with Crippen LogP contribution in [-0.4, -0.2) is 39.4 Å². The van der Waals surface area contributed by atoms with Gasteiger partial charge in [-0.15, -0.1) is 0 Å². The summed E-state index contributed by atoms with van der Waals surface area (Å²) in [6.07, 6.45) is 1.18. The van der Waals surface area contributed by atoms with Crippen LogP contribution in [-0.2, 0) is 11.2 Å². The predicted molar refractivity (Wildman–Crippen MR) is 71.7 cm³/mol. The zero-order valence-corrected chi connectivity index (χ0v) is 10.8. The third kappa shape index (κ3) is 2.99. The SMILES string of the molecule is COCCNCC(C)N1CCc2ccccc21. The van der Waals surface area contributed by atoms with Crippen LogP contribution in [0.4, 0.5) is 5.69 Å². The standard InChI is InChI=1S/C14H22N2O/c1-12(11-15-8-10-17-2)16-9-7-13-5-3-4-6-14(13)16/h3-6,12,15H,7-11H2,1-2H3. The third-order valence-electron chi connectivity index (χ3n) is 3.38. The summed E-state index contributed by atoms with van der Waals surface area (Å²) < 4.78 is 5.03. The Balaban J connectivity index is 1.87. The molecular formula is C14H22N2O. The number of hydrogen-bond donors (Lipinski definition) is 1. The minimum absolute atomic E-state index is 0.538. The molecule has 94 valence electrons. The topological polar surface area (TPSA) is 24.5 Å². The minimum atomic E-state index is 0.538. The van der Waals surface area contributed by atoms with Gasteiger partial charge in [-0.3, -0.25) is 0 Å². The lowest BCUT2D eigenvalue weighted by atomic mass is 10.2. The molecule has 3 heteroatoms. The van der Waals surface area contributed by atoms with E-state index < -0.39 is 0 Å². The largest absolute Gasteiger partial charge is 0.383 e. The Kier molecular flexibility index (Phi) is 4.40. The molecule has 0 aromatic heterocycles. The van der Waals surface area contributed by atoms with Crippen LogP contribution >= 0.6 is 0 Å². The van der Waals surface area contributed by atoms with Crippen molar-refractivity contribution in [1.82, 2.24) is 5.32 Å². The maximum atomic E-state index is 5.03. The van der Waals surface area contributed by atoms with Crippen molar-refractivity contribution in [2.45, 2.75) is 19.4 Å². The lowest BCUT2D eigenvalue weighted by Gasteiger charge is -2.27. The van der Waals surface area contributed by atoms with Gasteiger partial charge in [0.05, 0.1) is 6.61 Å². The van der Waals surface area contributed by atoms with Crippen LogP contribution in [0.25, 0.3) is 0 Å². The van der Waals surface area contributed by atoms with Crippen molar-refractivity contribution in [2.75, 3.05) is 38.3 Å². The quantitative estimate of drug-likeness (QED) is 0.758. The number of benzene rings is 1. The molecule has 0 fully saturated rings. The van der Waals surface area contributed by atoms with Gasteiger partial charge in [0.25, 0.3) is 0 Å². The molecule has 0 aliphatic carbocycles. The molecule has 17 heavy (non-hydrogen) atoms. The fourth-order valence-corrected chi connectivity index (χ4v) is 2.42. The number of anilines is 1. The van der Waals surface area contributed by atoms with Crippen LogP contribution in [0.3, 0.4) is 0 Å². The number of fused-ring (bicyclic) bond motifs is 1. The van der Waals surface area contributed by atoms with E-state index in [2.05, 4.69) is 41.4 Å². The maximum absolute atomic E-state index is 5.03. The molecular weight excluding hydrogens is 212 g/mol. The summed E-state index contributed by atoms with van der Waals surface area (Å²) >= 11 is 0. The zero-order valence-electron chi connectivity index (χ0n) is 10.8. The molecule has 0 spiro atoms. The van der Waals surface area contributed by atoms with Gasteiger partial charge in [-0.2, -0.15) is 0 Å². The number of hydrogen-bond acceptors (Lipinski definition) is 3. The lowest BCUT2D eigenvalue weighted by Crippen LogP contribution is -2.40. The number of nitrogens with one attached hydrogen (secondary N) is 1. The van der Waals surface area contributed by atoms with E-state index in [1.54, 1.807) is 7.11 Å². The van der Waals surface area contributed by atoms with Crippen LogP contribution < -0.4 is 10.2 Å². The highest BCUT2D eigenvalue weighted by molar-refractivity contribution is 5.58. The van der Waals surface area contributed by atoms with E-state index in [0.717, 1.165) is 26.2 Å². The molecule has 0 saturated carbocycles. The van der Waals surface area contributed by atoms with Gasteiger partial charge in [-0.25, -0.2) is 0 Å². The van der Waals surface area contributed by atoms with Gasteiger partial charge in [0.15, 0.2) is 0 Å². The summed E-state index contributed by atoms with van der Waals surface area (Å²) in [5, 5.41) is 3.43. The smallest absolute Gasteiger partial charge is 0.0587 e. The molecule has 1 aromatic rings. The van der Waals surface area contributed by atoms with E-state index in [9.17, 15) is 0 Å². The van der Waals surface area contributed by atoms with Crippen molar-refractivity contribution >= 4 is 5.69 Å². The normalized spacial score (nSPS) is 16.0. The molecule has 2 rings (SSSR count). The Morgan fingerprint density at radius 2 is 2.24 bits per heavy atom. The van der Waals surface area contributed by atoms with Gasteiger partial charge < -0.3 is 15.0 Å². The summed E-state index contributed by atoms with van der Waals surface area (Å²) in [4.78, 5) is 2.50. The van der Waals surface area contributed by atoms with Crippen molar-refractivity contribution in [2.24, 2.45) is 0 Å². The molecule has 1 aromatic carbocycles. The Bertz CT molecular complexity index is 354. The second kappa shape index (κ2) is 6.03. The van der Waals surface area contributed by atoms with Gasteiger partial charge in [0.1, 0.15) is 0 Å². The first-order valence-electron chi connectivity index (χ1n) is 6.37. The molecule has 1 aliphatic heterocycles. The average molecular weight is 234 g/mol. The molecule has 0 bridgehead atoms. The first-order valence-corrected chi connectivity index (χ1v) is 6.37. The maximum Gasteiger partial charge on any atom is 0.0587 e. The molecule has 1 unspecified atom stereocenters. The summed E-state index contributed by atoms with van der Waals surface area (Å²) in [5.74, 6) is 0. The number of rotatable bonds is 6. The first kappa shape index (κ1) is 12.4. The fourth-order valence-electron chi connectivity index (χ4n) is 2.42. The lowest BCUT2D eigenvalue weighted by molar-refractivity contribution is 0.199. The number of methoxy groups -OCH3 is 1. The molecule has 1 atom stereocenters. The molecule has 1 aliphatic rings. The second-order valence-corrected chi connectivity index (χ2v) is 4.62. The Labute approximate surface area is 104 Å². The van der Waals surface area contributed by atoms with E-state index in [0.29, 0.717) is 6.04 Å². The van der Waals surface area contributed by atoms with Crippen LogP contribution in [0.2, 0.25) is 0 Å².